The lowest BCUT2D eigenvalue weighted by Gasteiger charge is -2.42. The zero-order valence-corrected chi connectivity index (χ0v) is 12.5. The smallest absolute Gasteiger partial charge is 0.0238 e. The van der Waals surface area contributed by atoms with Crippen molar-refractivity contribution in [1.29, 1.82) is 0 Å². The van der Waals surface area contributed by atoms with Crippen LogP contribution in [0.15, 0.2) is 24.3 Å². The summed E-state index contributed by atoms with van der Waals surface area (Å²) in [5.74, 6) is 0. The van der Waals surface area contributed by atoms with Crippen molar-refractivity contribution in [3.8, 4) is 0 Å². The van der Waals surface area contributed by atoms with Gasteiger partial charge in [0, 0.05) is 44.8 Å². The summed E-state index contributed by atoms with van der Waals surface area (Å²) in [4.78, 5) is 5.11. The molecule has 1 heterocycles. The van der Waals surface area contributed by atoms with Crippen molar-refractivity contribution in [2.45, 2.75) is 39.4 Å². The Hall–Kier alpha value is -0.900. The number of nitrogens with zero attached hydrogens (tertiary/aromatic N) is 2. The van der Waals surface area contributed by atoms with E-state index in [2.05, 4.69) is 54.8 Å². The quantitative estimate of drug-likeness (QED) is 0.904. The predicted molar refractivity (Wildman–Crippen MR) is 80.9 cm³/mol. The largest absolute Gasteiger partial charge is 0.326 e. The number of nitrogens with two attached hydrogens (primary N) is 1. The second-order valence-corrected chi connectivity index (χ2v) is 6.41. The molecule has 0 radical (unpaired) electrons. The van der Waals surface area contributed by atoms with Gasteiger partial charge in [-0.1, -0.05) is 24.3 Å². The molecular formula is C16H27N3. The molecule has 0 bridgehead atoms. The summed E-state index contributed by atoms with van der Waals surface area (Å²) >= 11 is 0. The Labute approximate surface area is 117 Å². The molecule has 0 amide bonds. The fourth-order valence-electron chi connectivity index (χ4n) is 2.73. The van der Waals surface area contributed by atoms with Crippen LogP contribution in [0, 0.1) is 0 Å². The second-order valence-electron chi connectivity index (χ2n) is 6.41. The summed E-state index contributed by atoms with van der Waals surface area (Å²) in [7, 11) is 0. The fraction of sp³-hybridized carbons (Fsp3) is 0.625. The van der Waals surface area contributed by atoms with Crippen molar-refractivity contribution in [2.24, 2.45) is 5.73 Å². The van der Waals surface area contributed by atoms with Gasteiger partial charge in [-0.3, -0.25) is 9.80 Å². The molecule has 3 heteroatoms. The molecule has 1 aromatic rings. The lowest BCUT2D eigenvalue weighted by Crippen LogP contribution is -2.53. The Morgan fingerprint density at radius 2 is 1.58 bits per heavy atom. The van der Waals surface area contributed by atoms with E-state index < -0.39 is 0 Å². The molecular weight excluding hydrogens is 234 g/mol. The number of piperazine rings is 1. The normalized spacial score (nSPS) is 18.7. The fourth-order valence-corrected chi connectivity index (χ4v) is 2.73. The van der Waals surface area contributed by atoms with Gasteiger partial charge in [0.1, 0.15) is 0 Å². The first kappa shape index (κ1) is 14.5. The topological polar surface area (TPSA) is 32.5 Å². The summed E-state index contributed by atoms with van der Waals surface area (Å²) in [5.41, 5.74) is 8.76. The van der Waals surface area contributed by atoms with Crippen LogP contribution in [0.4, 0.5) is 0 Å². The van der Waals surface area contributed by atoms with Crippen molar-refractivity contribution in [3.05, 3.63) is 35.4 Å². The van der Waals surface area contributed by atoms with E-state index in [4.69, 9.17) is 5.73 Å². The average molecular weight is 261 g/mol. The summed E-state index contributed by atoms with van der Waals surface area (Å²) in [6.45, 7) is 13.2. The Kier molecular flexibility index (Phi) is 4.61. The molecule has 2 N–H and O–H groups in total. The van der Waals surface area contributed by atoms with Gasteiger partial charge in [0.25, 0.3) is 0 Å². The van der Waals surface area contributed by atoms with E-state index in [-0.39, 0.29) is 0 Å². The molecule has 1 saturated heterocycles. The third kappa shape index (κ3) is 3.78. The van der Waals surface area contributed by atoms with E-state index in [1.54, 1.807) is 0 Å². The minimum atomic E-state index is 0.293. The van der Waals surface area contributed by atoms with Gasteiger partial charge in [-0.05, 0) is 31.9 Å². The average Bonchev–Trinajstić information content (AvgIpc) is 2.39. The van der Waals surface area contributed by atoms with Crippen molar-refractivity contribution < 1.29 is 0 Å². The minimum absolute atomic E-state index is 0.293. The van der Waals surface area contributed by atoms with Crippen LogP contribution < -0.4 is 5.73 Å². The van der Waals surface area contributed by atoms with Gasteiger partial charge in [0.15, 0.2) is 0 Å². The van der Waals surface area contributed by atoms with Crippen molar-refractivity contribution in [1.82, 2.24) is 9.80 Å². The molecule has 0 spiro atoms. The van der Waals surface area contributed by atoms with Crippen LogP contribution in [0.25, 0.3) is 0 Å². The highest BCUT2D eigenvalue weighted by Gasteiger charge is 2.25. The van der Waals surface area contributed by atoms with Crippen molar-refractivity contribution in [2.75, 3.05) is 26.2 Å². The molecule has 0 atom stereocenters. The minimum Gasteiger partial charge on any atom is -0.326 e. The van der Waals surface area contributed by atoms with Crippen LogP contribution in [0.3, 0.4) is 0 Å². The molecule has 0 aliphatic carbocycles. The molecule has 1 aliphatic rings. The maximum atomic E-state index is 5.81. The summed E-state index contributed by atoms with van der Waals surface area (Å²) in [6.07, 6.45) is 0. The predicted octanol–water partition coefficient (Wildman–Crippen LogP) is 2.06. The van der Waals surface area contributed by atoms with Gasteiger partial charge in [0.05, 0.1) is 0 Å². The summed E-state index contributed by atoms with van der Waals surface area (Å²) in [5, 5.41) is 0. The van der Waals surface area contributed by atoms with Crippen LogP contribution in [0.5, 0.6) is 0 Å². The lowest BCUT2D eigenvalue weighted by atomic mass is 10.0. The molecule has 19 heavy (non-hydrogen) atoms. The van der Waals surface area contributed by atoms with E-state index in [0.717, 1.165) is 32.7 Å². The lowest BCUT2D eigenvalue weighted by molar-refractivity contribution is 0.0590. The molecule has 0 saturated carbocycles. The molecule has 106 valence electrons. The molecule has 2 rings (SSSR count). The molecule has 0 aromatic heterocycles. The molecule has 1 aliphatic heterocycles. The summed E-state index contributed by atoms with van der Waals surface area (Å²) < 4.78 is 0. The first-order valence-electron chi connectivity index (χ1n) is 7.25. The van der Waals surface area contributed by atoms with E-state index in [1.165, 1.54) is 11.1 Å². The van der Waals surface area contributed by atoms with Gasteiger partial charge in [-0.25, -0.2) is 0 Å². The van der Waals surface area contributed by atoms with E-state index in [0.29, 0.717) is 12.1 Å². The maximum absolute atomic E-state index is 5.81. The Morgan fingerprint density at radius 1 is 1.00 bits per heavy atom. The standard InChI is InChI=1S/C16H27N3/c1-16(2,3)19-10-8-18(9-11-19)13-15-7-5-4-6-14(15)12-17/h4-7H,8-13,17H2,1-3H3. The SMILES string of the molecule is CC(C)(C)N1CCN(Cc2ccccc2CN)CC1. The monoisotopic (exact) mass is 261 g/mol. The molecule has 1 aromatic carbocycles. The van der Waals surface area contributed by atoms with Crippen LogP contribution in [0.1, 0.15) is 31.9 Å². The van der Waals surface area contributed by atoms with Gasteiger partial charge in [-0.2, -0.15) is 0 Å². The molecule has 1 fully saturated rings. The van der Waals surface area contributed by atoms with Crippen molar-refractivity contribution in [3.63, 3.8) is 0 Å². The third-order valence-electron chi connectivity index (χ3n) is 4.05. The van der Waals surface area contributed by atoms with E-state index in [9.17, 15) is 0 Å². The van der Waals surface area contributed by atoms with Gasteiger partial charge in [-0.15, -0.1) is 0 Å². The van der Waals surface area contributed by atoms with Crippen LogP contribution in [-0.2, 0) is 13.1 Å². The number of rotatable bonds is 3. The van der Waals surface area contributed by atoms with Gasteiger partial charge >= 0.3 is 0 Å². The zero-order chi connectivity index (χ0) is 13.9. The number of hydrogen-bond acceptors (Lipinski definition) is 3. The Balaban J connectivity index is 1.92. The highest BCUT2D eigenvalue weighted by Crippen LogP contribution is 2.18. The second kappa shape index (κ2) is 6.04. The maximum Gasteiger partial charge on any atom is 0.0238 e. The Bertz CT molecular complexity index is 401. The Morgan fingerprint density at radius 3 is 2.11 bits per heavy atom. The van der Waals surface area contributed by atoms with Gasteiger partial charge in [0.2, 0.25) is 0 Å². The van der Waals surface area contributed by atoms with E-state index >= 15 is 0 Å². The van der Waals surface area contributed by atoms with Gasteiger partial charge < -0.3 is 5.73 Å². The summed E-state index contributed by atoms with van der Waals surface area (Å²) in [6, 6.07) is 8.53. The third-order valence-corrected chi connectivity index (χ3v) is 4.05. The number of hydrogen-bond donors (Lipinski definition) is 1. The first-order valence-corrected chi connectivity index (χ1v) is 7.25. The number of benzene rings is 1. The highest BCUT2D eigenvalue weighted by atomic mass is 15.3. The van der Waals surface area contributed by atoms with Crippen LogP contribution in [-0.4, -0.2) is 41.5 Å². The van der Waals surface area contributed by atoms with Crippen LogP contribution in [0.2, 0.25) is 0 Å². The van der Waals surface area contributed by atoms with E-state index in [1.807, 2.05) is 0 Å². The molecule has 0 unspecified atom stereocenters. The van der Waals surface area contributed by atoms with Crippen molar-refractivity contribution >= 4 is 0 Å². The zero-order valence-electron chi connectivity index (χ0n) is 12.5. The van der Waals surface area contributed by atoms with Crippen LogP contribution >= 0.6 is 0 Å². The first-order chi connectivity index (χ1) is 9.00. The highest BCUT2D eigenvalue weighted by molar-refractivity contribution is 5.26. The molecule has 3 nitrogen and oxygen atoms in total.